The number of nitrogens with zero attached hydrogens (tertiary/aromatic N) is 2. The second-order valence-electron chi connectivity index (χ2n) is 8.81. The Labute approximate surface area is 213 Å². The minimum Gasteiger partial charge on any atom is -0.507 e. The highest BCUT2D eigenvalue weighted by Gasteiger charge is 2.48. The van der Waals surface area contributed by atoms with Crippen LogP contribution in [0.15, 0.2) is 76.8 Å². The van der Waals surface area contributed by atoms with E-state index in [1.165, 1.54) is 4.90 Å². The average Bonchev–Trinajstić information content (AvgIpc) is 3.46. The Bertz CT molecular complexity index is 1540. The van der Waals surface area contributed by atoms with Crippen LogP contribution >= 0.6 is 0 Å². The van der Waals surface area contributed by atoms with Crippen LogP contribution in [0.5, 0.6) is 11.5 Å². The van der Waals surface area contributed by atoms with Gasteiger partial charge in [-0.25, -0.2) is 0 Å². The number of aliphatic hydroxyl groups excluding tert-OH is 1. The molecule has 1 fully saturated rings. The lowest BCUT2D eigenvalue weighted by Crippen LogP contribution is -2.29. The summed E-state index contributed by atoms with van der Waals surface area (Å²) in [7, 11) is 1.60. The second kappa shape index (κ2) is 9.81. The van der Waals surface area contributed by atoms with Crippen molar-refractivity contribution in [1.29, 1.82) is 0 Å². The molecule has 0 radical (unpaired) electrons. The number of Topliss-reactive ketones (excluding diaryl/α,β-unsaturated/α-hetero) is 1. The minimum atomic E-state index is -0.929. The summed E-state index contributed by atoms with van der Waals surface area (Å²) in [4.78, 5) is 27.9. The predicted octanol–water partition coefficient (Wildman–Crippen LogP) is 5.56. The topological polar surface area (TPSA) is 102 Å². The SMILES string of the molecule is CCCOc1cccc(C2/C(=C(\O)c3ccc4cc(OC)ccc4c3)C(=O)C(=O)N2c2cc(C)on2)c1. The first kappa shape index (κ1) is 24.1. The largest absolute Gasteiger partial charge is 0.507 e. The molecule has 1 saturated heterocycles. The van der Waals surface area contributed by atoms with Crippen LogP contribution in [-0.4, -0.2) is 35.7 Å². The van der Waals surface area contributed by atoms with Gasteiger partial charge in [0, 0.05) is 11.6 Å². The molecule has 3 aromatic carbocycles. The van der Waals surface area contributed by atoms with E-state index in [0.29, 0.717) is 35.0 Å². The molecular weight excluding hydrogens is 472 g/mol. The Morgan fingerprint density at radius 1 is 1.03 bits per heavy atom. The highest BCUT2D eigenvalue weighted by Crippen LogP contribution is 2.43. The molecule has 0 saturated carbocycles. The number of hydrogen-bond donors (Lipinski definition) is 1. The molecule has 0 spiro atoms. The first-order valence-corrected chi connectivity index (χ1v) is 12.0. The van der Waals surface area contributed by atoms with Gasteiger partial charge in [0.1, 0.15) is 23.0 Å². The molecule has 8 nitrogen and oxygen atoms in total. The van der Waals surface area contributed by atoms with E-state index < -0.39 is 17.7 Å². The van der Waals surface area contributed by atoms with Gasteiger partial charge in [-0.15, -0.1) is 0 Å². The van der Waals surface area contributed by atoms with E-state index in [1.807, 2.05) is 37.3 Å². The molecule has 0 aliphatic carbocycles. The quantitative estimate of drug-likeness (QED) is 0.202. The third-order valence-corrected chi connectivity index (χ3v) is 6.27. The van der Waals surface area contributed by atoms with E-state index in [0.717, 1.165) is 17.2 Å². The summed E-state index contributed by atoms with van der Waals surface area (Å²) >= 11 is 0. The average molecular weight is 499 g/mol. The number of anilines is 1. The monoisotopic (exact) mass is 498 g/mol. The standard InChI is InChI=1S/C29H26N2O6/c1-4-12-36-23-7-5-6-20(16-23)26-25(28(33)29(34)31(26)24-13-17(2)37-30-24)27(32)21-9-8-19-15-22(35-3)11-10-18(19)14-21/h5-11,13-16,26,32H,4,12H2,1-3H3/b27-25+. The highest BCUT2D eigenvalue weighted by molar-refractivity contribution is 6.51. The number of carbonyl (C=O) groups is 2. The Hall–Kier alpha value is -4.59. The fraction of sp³-hybridized carbons (Fsp3) is 0.207. The van der Waals surface area contributed by atoms with Crippen molar-refractivity contribution in [3.8, 4) is 11.5 Å². The molecule has 1 N–H and O–H groups in total. The van der Waals surface area contributed by atoms with Gasteiger partial charge in [-0.3, -0.25) is 14.5 Å². The van der Waals surface area contributed by atoms with Gasteiger partial charge in [0.05, 0.1) is 25.3 Å². The zero-order valence-corrected chi connectivity index (χ0v) is 20.7. The molecule has 5 rings (SSSR count). The zero-order chi connectivity index (χ0) is 26.1. The van der Waals surface area contributed by atoms with Gasteiger partial charge >= 0.3 is 5.91 Å². The number of amides is 1. The van der Waals surface area contributed by atoms with Crippen molar-refractivity contribution in [1.82, 2.24) is 5.16 Å². The minimum absolute atomic E-state index is 0.0360. The second-order valence-corrected chi connectivity index (χ2v) is 8.81. The number of fused-ring (bicyclic) bond motifs is 1. The summed E-state index contributed by atoms with van der Waals surface area (Å²) in [6.07, 6.45) is 0.828. The summed E-state index contributed by atoms with van der Waals surface area (Å²) in [6, 6.07) is 18.7. The first-order chi connectivity index (χ1) is 17.9. The molecule has 188 valence electrons. The smallest absolute Gasteiger partial charge is 0.301 e. The van der Waals surface area contributed by atoms with Crippen molar-refractivity contribution in [3.05, 3.63) is 89.2 Å². The van der Waals surface area contributed by atoms with E-state index in [-0.39, 0.29) is 17.2 Å². The van der Waals surface area contributed by atoms with Crippen LogP contribution in [0.25, 0.3) is 16.5 Å². The molecule has 1 atom stereocenters. The number of rotatable bonds is 7. The molecule has 1 aliphatic rings. The fourth-order valence-corrected chi connectivity index (χ4v) is 4.50. The van der Waals surface area contributed by atoms with E-state index in [9.17, 15) is 14.7 Å². The lowest BCUT2D eigenvalue weighted by Gasteiger charge is -2.23. The van der Waals surface area contributed by atoms with Gasteiger partial charge in [0.2, 0.25) is 0 Å². The van der Waals surface area contributed by atoms with Crippen LogP contribution < -0.4 is 14.4 Å². The number of benzene rings is 3. The van der Waals surface area contributed by atoms with Crippen molar-refractivity contribution >= 4 is 34.0 Å². The van der Waals surface area contributed by atoms with Crippen LogP contribution in [0.4, 0.5) is 5.82 Å². The Kier molecular flexibility index (Phi) is 6.40. The van der Waals surface area contributed by atoms with Crippen molar-refractivity contribution in [3.63, 3.8) is 0 Å². The van der Waals surface area contributed by atoms with Gasteiger partial charge in [0.25, 0.3) is 5.78 Å². The third kappa shape index (κ3) is 4.42. The first-order valence-electron chi connectivity index (χ1n) is 12.0. The van der Waals surface area contributed by atoms with Crippen LogP contribution in [0.1, 0.15) is 36.3 Å². The highest BCUT2D eigenvalue weighted by atomic mass is 16.5. The molecule has 2 heterocycles. The maximum Gasteiger partial charge on any atom is 0.301 e. The summed E-state index contributed by atoms with van der Waals surface area (Å²) in [5.41, 5.74) is 0.974. The zero-order valence-electron chi connectivity index (χ0n) is 20.7. The van der Waals surface area contributed by atoms with E-state index in [4.69, 9.17) is 14.0 Å². The van der Waals surface area contributed by atoms with Crippen LogP contribution in [-0.2, 0) is 9.59 Å². The maximum absolute atomic E-state index is 13.4. The molecular formula is C29H26N2O6. The van der Waals surface area contributed by atoms with Crippen molar-refractivity contribution in [2.45, 2.75) is 26.3 Å². The van der Waals surface area contributed by atoms with Gasteiger partial charge < -0.3 is 19.1 Å². The Morgan fingerprint density at radius 3 is 2.54 bits per heavy atom. The van der Waals surface area contributed by atoms with Crippen LogP contribution in [0, 0.1) is 6.92 Å². The van der Waals surface area contributed by atoms with Crippen molar-refractivity contribution in [2.24, 2.45) is 0 Å². The molecule has 1 unspecified atom stereocenters. The van der Waals surface area contributed by atoms with E-state index in [2.05, 4.69) is 5.16 Å². The number of carbonyl (C=O) groups excluding carboxylic acids is 2. The molecule has 37 heavy (non-hydrogen) atoms. The fourth-order valence-electron chi connectivity index (χ4n) is 4.50. The van der Waals surface area contributed by atoms with Crippen molar-refractivity contribution in [2.75, 3.05) is 18.6 Å². The van der Waals surface area contributed by atoms with Gasteiger partial charge in [-0.05, 0) is 60.0 Å². The summed E-state index contributed by atoms with van der Waals surface area (Å²) in [5.74, 6) is 0.102. The Morgan fingerprint density at radius 2 is 1.81 bits per heavy atom. The Balaban J connectivity index is 1.67. The predicted molar refractivity (Wildman–Crippen MR) is 139 cm³/mol. The number of ether oxygens (including phenoxy) is 2. The lowest BCUT2D eigenvalue weighted by atomic mass is 9.94. The molecule has 4 aromatic rings. The van der Waals surface area contributed by atoms with Crippen molar-refractivity contribution < 1.29 is 28.7 Å². The van der Waals surface area contributed by atoms with Crippen LogP contribution in [0.2, 0.25) is 0 Å². The maximum atomic E-state index is 13.4. The van der Waals surface area contributed by atoms with E-state index in [1.54, 1.807) is 50.4 Å². The van der Waals surface area contributed by atoms with Crippen LogP contribution in [0.3, 0.4) is 0 Å². The molecule has 1 aliphatic heterocycles. The number of aryl methyl sites for hydroxylation is 1. The number of methoxy groups -OCH3 is 1. The number of aliphatic hydroxyl groups is 1. The number of ketones is 1. The molecule has 0 bridgehead atoms. The number of hydrogen-bond acceptors (Lipinski definition) is 7. The molecule has 1 amide bonds. The molecule has 8 heteroatoms. The van der Waals surface area contributed by atoms with Gasteiger partial charge in [-0.2, -0.15) is 0 Å². The van der Waals surface area contributed by atoms with E-state index >= 15 is 0 Å². The summed E-state index contributed by atoms with van der Waals surface area (Å²) < 4.78 is 16.3. The number of aromatic nitrogens is 1. The summed E-state index contributed by atoms with van der Waals surface area (Å²) in [6.45, 7) is 4.23. The lowest BCUT2D eigenvalue weighted by molar-refractivity contribution is -0.132. The third-order valence-electron chi connectivity index (χ3n) is 6.27. The normalized spacial score (nSPS) is 16.9. The summed E-state index contributed by atoms with van der Waals surface area (Å²) in [5, 5.41) is 17.2. The molecule has 1 aromatic heterocycles. The van der Waals surface area contributed by atoms with Gasteiger partial charge in [-0.1, -0.05) is 42.4 Å². The van der Waals surface area contributed by atoms with Gasteiger partial charge in [0.15, 0.2) is 5.82 Å².